The van der Waals surface area contributed by atoms with Gasteiger partial charge in [-0.25, -0.2) is 9.37 Å². The number of hydrogen-bond acceptors (Lipinski definition) is 4. The molecular formula is C22H22FN3O2S. The number of halogens is 1. The minimum atomic E-state index is -0.510. The maximum absolute atomic E-state index is 14.5. The first kappa shape index (κ1) is 19.6. The SMILES string of the molecule is C[C@@H]1CCCCN1C(=O)CSc1nc2ccccc2c(=O)n1-c1ccccc1F. The number of hydrogen-bond donors (Lipinski definition) is 0. The number of piperidine rings is 1. The third kappa shape index (κ3) is 3.92. The predicted molar refractivity (Wildman–Crippen MR) is 113 cm³/mol. The number of thioether (sulfide) groups is 1. The van der Waals surface area contributed by atoms with Gasteiger partial charge in [0, 0.05) is 12.6 Å². The highest BCUT2D eigenvalue weighted by Gasteiger charge is 2.24. The minimum absolute atomic E-state index is 0.0182. The van der Waals surface area contributed by atoms with Crippen LogP contribution in [0.5, 0.6) is 0 Å². The lowest BCUT2D eigenvalue weighted by atomic mass is 10.0. The molecule has 0 N–H and O–H groups in total. The first-order chi connectivity index (χ1) is 14.1. The average Bonchev–Trinajstić information content (AvgIpc) is 2.73. The number of rotatable bonds is 4. The maximum Gasteiger partial charge on any atom is 0.266 e. The number of aromatic nitrogens is 2. The highest BCUT2D eigenvalue weighted by molar-refractivity contribution is 7.99. The van der Waals surface area contributed by atoms with Gasteiger partial charge < -0.3 is 4.90 Å². The van der Waals surface area contributed by atoms with Gasteiger partial charge in [-0.3, -0.25) is 14.2 Å². The van der Waals surface area contributed by atoms with E-state index in [1.165, 1.54) is 22.4 Å². The zero-order chi connectivity index (χ0) is 20.4. The molecule has 1 fully saturated rings. The lowest BCUT2D eigenvalue weighted by molar-refractivity contribution is -0.131. The molecule has 7 heteroatoms. The fourth-order valence-corrected chi connectivity index (χ4v) is 4.62. The molecule has 1 aliphatic rings. The third-order valence-corrected chi connectivity index (χ3v) is 6.21. The standard InChI is InChI=1S/C22H22FN3O2S/c1-15-8-6-7-13-25(15)20(27)14-29-22-24-18-11-4-2-9-16(18)21(28)26(22)19-12-5-3-10-17(19)23/h2-5,9-12,15H,6-8,13-14H2,1H3/t15-/m1/s1. The van der Waals surface area contributed by atoms with Crippen LogP contribution in [0.15, 0.2) is 58.5 Å². The molecule has 1 aromatic heterocycles. The summed E-state index contributed by atoms with van der Waals surface area (Å²) in [5.74, 6) is -0.335. The van der Waals surface area contributed by atoms with E-state index in [2.05, 4.69) is 11.9 Å². The number of para-hydroxylation sites is 2. The van der Waals surface area contributed by atoms with Crippen LogP contribution in [-0.4, -0.2) is 38.7 Å². The Balaban J connectivity index is 1.73. The van der Waals surface area contributed by atoms with E-state index < -0.39 is 5.82 Å². The molecule has 1 amide bonds. The number of likely N-dealkylation sites (tertiary alicyclic amines) is 1. The van der Waals surface area contributed by atoms with Gasteiger partial charge in [-0.05, 0) is 50.5 Å². The van der Waals surface area contributed by atoms with Crippen LogP contribution in [0, 0.1) is 5.82 Å². The molecular weight excluding hydrogens is 389 g/mol. The van der Waals surface area contributed by atoms with Gasteiger partial charge in [-0.1, -0.05) is 36.0 Å². The van der Waals surface area contributed by atoms with Gasteiger partial charge in [0.05, 0.1) is 22.3 Å². The Morgan fingerprint density at radius 1 is 1.17 bits per heavy atom. The summed E-state index contributed by atoms with van der Waals surface area (Å²) in [4.78, 5) is 32.4. The Hall–Kier alpha value is -2.67. The molecule has 1 atom stereocenters. The van der Waals surface area contributed by atoms with E-state index in [9.17, 15) is 14.0 Å². The van der Waals surface area contributed by atoms with E-state index >= 15 is 0 Å². The Morgan fingerprint density at radius 2 is 1.93 bits per heavy atom. The van der Waals surface area contributed by atoms with E-state index in [0.717, 1.165) is 25.8 Å². The molecule has 0 saturated carbocycles. The van der Waals surface area contributed by atoms with Crippen LogP contribution in [0.2, 0.25) is 0 Å². The minimum Gasteiger partial charge on any atom is -0.339 e. The smallest absolute Gasteiger partial charge is 0.266 e. The largest absolute Gasteiger partial charge is 0.339 e. The van der Waals surface area contributed by atoms with Gasteiger partial charge >= 0.3 is 0 Å². The summed E-state index contributed by atoms with van der Waals surface area (Å²) in [5, 5.41) is 0.730. The van der Waals surface area contributed by atoms with Crippen LogP contribution in [0.3, 0.4) is 0 Å². The van der Waals surface area contributed by atoms with Crippen molar-refractivity contribution in [2.24, 2.45) is 0 Å². The number of fused-ring (bicyclic) bond motifs is 1. The lowest BCUT2D eigenvalue weighted by Crippen LogP contribution is -2.43. The Morgan fingerprint density at radius 3 is 2.72 bits per heavy atom. The highest BCUT2D eigenvalue weighted by atomic mass is 32.2. The fraction of sp³-hybridized carbons (Fsp3) is 0.318. The monoisotopic (exact) mass is 411 g/mol. The number of carbonyl (C=O) groups excluding carboxylic acids is 1. The van der Waals surface area contributed by atoms with E-state index in [0.29, 0.717) is 16.1 Å². The average molecular weight is 412 g/mol. The zero-order valence-electron chi connectivity index (χ0n) is 16.2. The van der Waals surface area contributed by atoms with Crippen LogP contribution < -0.4 is 5.56 Å². The highest BCUT2D eigenvalue weighted by Crippen LogP contribution is 2.24. The first-order valence-corrected chi connectivity index (χ1v) is 10.7. The number of amides is 1. The van der Waals surface area contributed by atoms with E-state index in [-0.39, 0.29) is 28.9 Å². The third-order valence-electron chi connectivity index (χ3n) is 5.29. The lowest BCUT2D eigenvalue weighted by Gasteiger charge is -2.33. The van der Waals surface area contributed by atoms with Crippen molar-refractivity contribution in [3.63, 3.8) is 0 Å². The molecule has 0 spiro atoms. The van der Waals surface area contributed by atoms with Crippen LogP contribution >= 0.6 is 11.8 Å². The zero-order valence-corrected chi connectivity index (χ0v) is 17.0. The second kappa shape index (κ2) is 8.37. The van der Waals surface area contributed by atoms with Gasteiger partial charge in [0.25, 0.3) is 5.56 Å². The summed E-state index contributed by atoms with van der Waals surface area (Å²) in [6.07, 6.45) is 3.15. The molecule has 29 heavy (non-hydrogen) atoms. The molecule has 2 heterocycles. The summed E-state index contributed by atoms with van der Waals surface area (Å²) in [6, 6.07) is 13.3. The van der Waals surface area contributed by atoms with Gasteiger partial charge in [-0.2, -0.15) is 0 Å². The van der Waals surface area contributed by atoms with Gasteiger partial charge in [0.2, 0.25) is 5.91 Å². The Bertz CT molecular complexity index is 1110. The first-order valence-electron chi connectivity index (χ1n) is 9.75. The Kier molecular flexibility index (Phi) is 5.67. The molecule has 0 radical (unpaired) electrons. The number of benzene rings is 2. The molecule has 0 bridgehead atoms. The van der Waals surface area contributed by atoms with E-state index in [1.54, 1.807) is 42.5 Å². The van der Waals surface area contributed by atoms with Crippen molar-refractivity contribution in [3.8, 4) is 5.69 Å². The quantitative estimate of drug-likeness (QED) is 0.481. The second-order valence-corrected chi connectivity index (χ2v) is 8.17. The molecule has 0 aliphatic carbocycles. The van der Waals surface area contributed by atoms with Crippen LogP contribution in [0.1, 0.15) is 26.2 Å². The number of nitrogens with zero attached hydrogens (tertiary/aromatic N) is 3. The Labute approximate surface area is 172 Å². The second-order valence-electron chi connectivity index (χ2n) is 7.22. The van der Waals surface area contributed by atoms with Gasteiger partial charge in [-0.15, -0.1) is 0 Å². The van der Waals surface area contributed by atoms with Crippen molar-refractivity contribution in [2.45, 2.75) is 37.4 Å². The van der Waals surface area contributed by atoms with Crippen molar-refractivity contribution in [2.75, 3.05) is 12.3 Å². The molecule has 2 aromatic carbocycles. The molecule has 4 rings (SSSR count). The molecule has 150 valence electrons. The fourth-order valence-electron chi connectivity index (χ4n) is 3.73. The summed E-state index contributed by atoms with van der Waals surface area (Å²) in [7, 11) is 0. The topological polar surface area (TPSA) is 55.2 Å². The van der Waals surface area contributed by atoms with Crippen molar-refractivity contribution < 1.29 is 9.18 Å². The van der Waals surface area contributed by atoms with Crippen LogP contribution in [0.4, 0.5) is 4.39 Å². The summed E-state index contributed by atoms with van der Waals surface area (Å²) in [6.45, 7) is 2.82. The molecule has 0 unspecified atom stereocenters. The van der Waals surface area contributed by atoms with E-state index in [4.69, 9.17) is 0 Å². The van der Waals surface area contributed by atoms with Crippen LogP contribution in [0.25, 0.3) is 16.6 Å². The van der Waals surface area contributed by atoms with Crippen molar-refractivity contribution in [1.82, 2.24) is 14.5 Å². The van der Waals surface area contributed by atoms with Gasteiger partial charge in [0.1, 0.15) is 5.82 Å². The number of carbonyl (C=O) groups is 1. The molecule has 1 saturated heterocycles. The normalized spacial score (nSPS) is 16.9. The summed E-state index contributed by atoms with van der Waals surface area (Å²) < 4.78 is 15.8. The van der Waals surface area contributed by atoms with Crippen LogP contribution in [-0.2, 0) is 4.79 Å². The summed E-state index contributed by atoms with van der Waals surface area (Å²) in [5.41, 5.74) is 0.324. The molecule has 5 nitrogen and oxygen atoms in total. The van der Waals surface area contributed by atoms with E-state index in [1.807, 2.05) is 4.90 Å². The predicted octanol–water partition coefficient (Wildman–Crippen LogP) is 4.02. The molecule has 1 aliphatic heterocycles. The summed E-state index contributed by atoms with van der Waals surface area (Å²) >= 11 is 1.18. The van der Waals surface area contributed by atoms with Gasteiger partial charge in [0.15, 0.2) is 5.16 Å². The van der Waals surface area contributed by atoms with Crippen molar-refractivity contribution in [3.05, 3.63) is 64.7 Å². The van der Waals surface area contributed by atoms with Crippen molar-refractivity contribution in [1.29, 1.82) is 0 Å². The molecule has 3 aromatic rings. The van der Waals surface area contributed by atoms with Crippen molar-refractivity contribution >= 4 is 28.6 Å². The maximum atomic E-state index is 14.5.